The van der Waals surface area contributed by atoms with Gasteiger partial charge in [-0.1, -0.05) is 12.1 Å². The first-order valence-electron chi connectivity index (χ1n) is 5.92. The van der Waals surface area contributed by atoms with Crippen molar-refractivity contribution in [2.45, 2.75) is 18.1 Å². The molecule has 104 valence electrons. The average molecular weight is 295 g/mol. The smallest absolute Gasteiger partial charge is 0.387 e. The molecule has 1 aromatic carbocycles. The maximum Gasteiger partial charge on any atom is 0.387 e. The minimum absolute atomic E-state index is 0.0486. The van der Waals surface area contributed by atoms with Gasteiger partial charge in [0.05, 0.1) is 11.3 Å². The highest BCUT2D eigenvalue weighted by atomic mass is 32.2. The number of nitrogen functional groups attached to an aromatic ring is 1. The topological polar surface area (TPSA) is 61.0 Å². The molecule has 0 saturated heterocycles. The van der Waals surface area contributed by atoms with Crippen LogP contribution in [0.5, 0.6) is 5.75 Å². The Morgan fingerprint density at radius 2 is 2.00 bits per heavy atom. The summed E-state index contributed by atoms with van der Waals surface area (Å²) < 4.78 is 29.3. The normalized spacial score (nSPS) is 13.6. The molecule has 20 heavy (non-hydrogen) atoms. The van der Waals surface area contributed by atoms with Gasteiger partial charge in [0.2, 0.25) is 0 Å². The molecule has 2 heterocycles. The van der Waals surface area contributed by atoms with Crippen molar-refractivity contribution in [2.24, 2.45) is 0 Å². The number of alkyl halides is 2. The molecule has 1 aromatic heterocycles. The number of rotatable bonds is 3. The zero-order chi connectivity index (χ0) is 14.1. The summed E-state index contributed by atoms with van der Waals surface area (Å²) in [5.41, 5.74) is 8.13. The number of halogens is 2. The van der Waals surface area contributed by atoms with E-state index in [1.807, 2.05) is 0 Å². The number of nitrogens with two attached hydrogens (primary N) is 1. The quantitative estimate of drug-likeness (QED) is 0.943. The molecule has 0 atom stereocenters. The lowest BCUT2D eigenvalue weighted by Crippen LogP contribution is -2.06. The first-order chi connectivity index (χ1) is 9.65. The number of aromatic nitrogens is 2. The fourth-order valence-electron chi connectivity index (χ4n) is 2.05. The molecule has 7 heteroatoms. The van der Waals surface area contributed by atoms with E-state index in [1.54, 1.807) is 30.0 Å². The van der Waals surface area contributed by atoms with E-state index < -0.39 is 6.61 Å². The summed E-state index contributed by atoms with van der Waals surface area (Å²) >= 11 is 1.70. The Bertz CT molecular complexity index is 652. The maximum atomic E-state index is 12.4. The molecule has 2 N–H and O–H groups in total. The second-order valence-electron chi connectivity index (χ2n) is 4.23. The summed E-state index contributed by atoms with van der Waals surface area (Å²) in [6.45, 7) is -2.89. The molecular formula is C13H11F2N3OS. The molecule has 0 saturated carbocycles. The number of thioether (sulfide) groups is 1. The van der Waals surface area contributed by atoms with Crippen LogP contribution in [0.15, 0.2) is 24.3 Å². The van der Waals surface area contributed by atoms with E-state index in [0.29, 0.717) is 17.2 Å². The Labute approximate surface area is 118 Å². The Morgan fingerprint density at radius 1 is 1.20 bits per heavy atom. The van der Waals surface area contributed by atoms with E-state index >= 15 is 0 Å². The number of nitrogens with zero attached hydrogens (tertiary/aromatic N) is 2. The number of benzene rings is 1. The van der Waals surface area contributed by atoms with Crippen molar-refractivity contribution in [3.8, 4) is 17.1 Å². The Kier molecular flexibility index (Phi) is 3.43. The van der Waals surface area contributed by atoms with Gasteiger partial charge in [-0.3, -0.25) is 0 Å². The van der Waals surface area contributed by atoms with E-state index in [-0.39, 0.29) is 5.75 Å². The minimum Gasteiger partial charge on any atom is -0.434 e. The summed E-state index contributed by atoms with van der Waals surface area (Å²) in [5, 5.41) is 0. The number of para-hydroxylation sites is 1. The van der Waals surface area contributed by atoms with Crippen molar-refractivity contribution >= 4 is 17.6 Å². The van der Waals surface area contributed by atoms with Crippen molar-refractivity contribution in [3.05, 3.63) is 35.5 Å². The highest BCUT2D eigenvalue weighted by Gasteiger charge is 2.20. The zero-order valence-corrected chi connectivity index (χ0v) is 11.2. The largest absolute Gasteiger partial charge is 0.434 e. The van der Waals surface area contributed by atoms with Gasteiger partial charge < -0.3 is 10.5 Å². The van der Waals surface area contributed by atoms with Gasteiger partial charge in [-0.05, 0) is 12.1 Å². The van der Waals surface area contributed by atoms with Gasteiger partial charge in [0.15, 0.2) is 5.82 Å². The number of fused-ring (bicyclic) bond motifs is 1. The first-order valence-corrected chi connectivity index (χ1v) is 7.08. The lowest BCUT2D eigenvalue weighted by Gasteiger charge is -2.11. The Balaban J connectivity index is 2.07. The molecule has 1 aliphatic heterocycles. The van der Waals surface area contributed by atoms with Gasteiger partial charge in [-0.15, -0.1) is 0 Å². The van der Waals surface area contributed by atoms with Crippen molar-refractivity contribution in [2.75, 3.05) is 5.73 Å². The van der Waals surface area contributed by atoms with Crippen molar-refractivity contribution in [1.29, 1.82) is 0 Å². The Morgan fingerprint density at radius 3 is 2.80 bits per heavy atom. The van der Waals surface area contributed by atoms with Gasteiger partial charge in [0.25, 0.3) is 0 Å². The lowest BCUT2D eigenvalue weighted by atomic mass is 10.1. The first kappa shape index (κ1) is 13.1. The third kappa shape index (κ3) is 2.40. The van der Waals surface area contributed by atoms with E-state index in [0.717, 1.165) is 22.8 Å². The molecule has 0 fully saturated rings. The molecule has 0 unspecified atom stereocenters. The van der Waals surface area contributed by atoms with Gasteiger partial charge in [-0.2, -0.15) is 20.5 Å². The van der Waals surface area contributed by atoms with E-state index in [9.17, 15) is 8.78 Å². The molecule has 3 rings (SSSR count). The van der Waals surface area contributed by atoms with Crippen LogP contribution in [-0.4, -0.2) is 16.6 Å². The number of hydrogen-bond acceptors (Lipinski definition) is 5. The fraction of sp³-hybridized carbons (Fsp3) is 0.231. The van der Waals surface area contributed by atoms with Crippen molar-refractivity contribution < 1.29 is 13.5 Å². The molecule has 1 aliphatic rings. The number of anilines is 1. The predicted octanol–water partition coefficient (Wildman–Crippen LogP) is 3.07. The molecule has 0 spiro atoms. The van der Waals surface area contributed by atoms with Crippen LogP contribution in [0, 0.1) is 0 Å². The lowest BCUT2D eigenvalue weighted by molar-refractivity contribution is -0.0494. The van der Waals surface area contributed by atoms with Crippen molar-refractivity contribution in [3.63, 3.8) is 0 Å². The van der Waals surface area contributed by atoms with Crippen LogP contribution in [0.1, 0.15) is 11.3 Å². The second-order valence-corrected chi connectivity index (χ2v) is 5.21. The zero-order valence-electron chi connectivity index (χ0n) is 10.3. The monoisotopic (exact) mass is 295 g/mol. The molecule has 0 bridgehead atoms. The van der Waals surface area contributed by atoms with Gasteiger partial charge in [0, 0.05) is 17.1 Å². The second kappa shape index (κ2) is 5.24. The van der Waals surface area contributed by atoms with Gasteiger partial charge in [0.1, 0.15) is 11.6 Å². The summed E-state index contributed by atoms with van der Waals surface area (Å²) in [7, 11) is 0. The minimum atomic E-state index is -2.89. The van der Waals surface area contributed by atoms with Crippen LogP contribution in [0.25, 0.3) is 11.4 Å². The molecule has 0 amide bonds. The van der Waals surface area contributed by atoms with Crippen LogP contribution >= 0.6 is 11.8 Å². The molecule has 4 nitrogen and oxygen atoms in total. The highest BCUT2D eigenvalue weighted by molar-refractivity contribution is 7.98. The summed E-state index contributed by atoms with van der Waals surface area (Å²) in [6, 6.07) is 6.44. The average Bonchev–Trinajstić information content (AvgIpc) is 2.87. The van der Waals surface area contributed by atoms with Crippen LogP contribution in [0.2, 0.25) is 0 Å². The van der Waals surface area contributed by atoms with E-state index in [4.69, 9.17) is 5.73 Å². The van der Waals surface area contributed by atoms with Gasteiger partial charge >= 0.3 is 6.61 Å². The summed E-state index contributed by atoms with van der Waals surface area (Å²) in [6.07, 6.45) is 0. The number of hydrogen-bond donors (Lipinski definition) is 1. The standard InChI is InChI=1S/C13H11F2N3OS/c14-13(15)19-10-4-2-1-3-7(10)12-17-9-6-20-5-8(9)11(16)18-12/h1-4,13H,5-6H2,(H2,16,17,18). The summed E-state index contributed by atoms with van der Waals surface area (Å²) in [4.78, 5) is 8.63. The predicted molar refractivity (Wildman–Crippen MR) is 73.5 cm³/mol. The molecule has 0 radical (unpaired) electrons. The van der Waals surface area contributed by atoms with Crippen LogP contribution in [-0.2, 0) is 11.5 Å². The van der Waals surface area contributed by atoms with Crippen LogP contribution in [0.3, 0.4) is 0 Å². The molecule has 2 aromatic rings. The maximum absolute atomic E-state index is 12.4. The highest BCUT2D eigenvalue weighted by Crippen LogP contribution is 2.35. The Hall–Kier alpha value is -1.89. The van der Waals surface area contributed by atoms with Gasteiger partial charge in [-0.25, -0.2) is 9.97 Å². The SMILES string of the molecule is Nc1nc(-c2ccccc2OC(F)F)nc2c1CSC2. The van der Waals surface area contributed by atoms with Crippen LogP contribution in [0.4, 0.5) is 14.6 Å². The molecular weight excluding hydrogens is 284 g/mol. The number of ether oxygens (including phenoxy) is 1. The van der Waals surface area contributed by atoms with E-state index in [1.165, 1.54) is 6.07 Å². The third-order valence-electron chi connectivity index (χ3n) is 2.95. The van der Waals surface area contributed by atoms with Crippen molar-refractivity contribution in [1.82, 2.24) is 9.97 Å². The fourth-order valence-corrected chi connectivity index (χ4v) is 3.10. The molecule has 0 aliphatic carbocycles. The summed E-state index contributed by atoms with van der Waals surface area (Å²) in [5.74, 6) is 2.32. The van der Waals surface area contributed by atoms with Crippen LogP contribution < -0.4 is 10.5 Å². The third-order valence-corrected chi connectivity index (χ3v) is 3.92. The van der Waals surface area contributed by atoms with E-state index in [2.05, 4.69) is 14.7 Å².